The number of likely N-dealkylation sites (tertiary alicyclic amines) is 1. The molecule has 238 valence electrons. The fourth-order valence-electron chi connectivity index (χ4n) is 8.95. The van der Waals surface area contributed by atoms with Crippen LogP contribution in [0.25, 0.3) is 0 Å². The molecule has 0 aromatic heterocycles. The Bertz CT molecular complexity index is 1760. The SMILES string of the molecule is COc1ccc2c3c1O[C@H]1[C@@H](N(C)C(=O)C#Cc4ccc(C)c(C)c4)CC[C@@]4(OC(C)=O)[C@@H](C2)N(CCc2ccccc2)CC[C@]314. The Labute approximate surface area is 271 Å². The number of methoxy groups -OCH3 is 1. The zero-order chi connectivity index (χ0) is 32.2. The smallest absolute Gasteiger partial charge is 0.303 e. The summed E-state index contributed by atoms with van der Waals surface area (Å²) in [5.74, 6) is 6.86. The third kappa shape index (κ3) is 4.60. The van der Waals surface area contributed by atoms with Crippen molar-refractivity contribution in [3.05, 3.63) is 94.0 Å². The van der Waals surface area contributed by atoms with Gasteiger partial charge in [0.1, 0.15) is 11.7 Å². The van der Waals surface area contributed by atoms with Crippen LogP contribution >= 0.6 is 0 Å². The molecule has 3 aromatic carbocycles. The molecular formula is C39H42N2O5. The van der Waals surface area contributed by atoms with E-state index in [1.807, 2.05) is 44.3 Å². The predicted molar refractivity (Wildman–Crippen MR) is 176 cm³/mol. The van der Waals surface area contributed by atoms with Gasteiger partial charge >= 0.3 is 5.97 Å². The van der Waals surface area contributed by atoms with Gasteiger partial charge in [0, 0.05) is 37.6 Å². The number of piperidine rings is 1. The molecular weight excluding hydrogens is 576 g/mol. The van der Waals surface area contributed by atoms with E-state index in [-0.39, 0.29) is 24.0 Å². The summed E-state index contributed by atoms with van der Waals surface area (Å²) >= 11 is 0. The number of ether oxygens (including phenoxy) is 3. The molecule has 4 aliphatic rings. The van der Waals surface area contributed by atoms with Crippen LogP contribution in [-0.4, -0.2) is 72.7 Å². The molecule has 2 aliphatic carbocycles. The summed E-state index contributed by atoms with van der Waals surface area (Å²) in [4.78, 5) is 31.0. The number of likely N-dealkylation sites (N-methyl/N-ethyl adjacent to an activating group) is 1. The summed E-state index contributed by atoms with van der Waals surface area (Å²) in [5.41, 5.74) is 5.33. The van der Waals surface area contributed by atoms with Gasteiger partial charge in [-0.1, -0.05) is 48.4 Å². The van der Waals surface area contributed by atoms with Crippen LogP contribution in [0.3, 0.4) is 0 Å². The first-order chi connectivity index (χ1) is 22.2. The molecule has 1 saturated heterocycles. The monoisotopic (exact) mass is 618 g/mol. The molecule has 2 aliphatic heterocycles. The van der Waals surface area contributed by atoms with E-state index in [0.29, 0.717) is 18.6 Å². The Kier molecular flexibility index (Phi) is 7.60. The molecule has 1 spiro atoms. The third-order valence-corrected chi connectivity index (χ3v) is 11.2. The van der Waals surface area contributed by atoms with Crippen molar-refractivity contribution in [1.29, 1.82) is 0 Å². The Morgan fingerprint density at radius 1 is 1.07 bits per heavy atom. The Balaban J connectivity index is 1.28. The van der Waals surface area contributed by atoms with Gasteiger partial charge in [-0.05, 0) is 92.9 Å². The maximum absolute atomic E-state index is 13.7. The lowest BCUT2D eigenvalue weighted by Gasteiger charge is -2.65. The number of rotatable bonds is 6. The van der Waals surface area contributed by atoms with Crippen molar-refractivity contribution in [3.63, 3.8) is 0 Å². The first kappa shape index (κ1) is 30.4. The Morgan fingerprint density at radius 2 is 1.87 bits per heavy atom. The van der Waals surface area contributed by atoms with Gasteiger partial charge in [-0.2, -0.15) is 0 Å². The van der Waals surface area contributed by atoms with E-state index in [1.165, 1.54) is 23.6 Å². The summed E-state index contributed by atoms with van der Waals surface area (Å²) in [5, 5.41) is 0. The maximum Gasteiger partial charge on any atom is 0.303 e. The number of nitrogens with zero attached hydrogens (tertiary/aromatic N) is 2. The summed E-state index contributed by atoms with van der Waals surface area (Å²) in [6.45, 7) is 7.34. The molecule has 2 fully saturated rings. The highest BCUT2D eigenvalue weighted by Gasteiger charge is 2.75. The highest BCUT2D eigenvalue weighted by atomic mass is 16.6. The number of amides is 1. The van der Waals surface area contributed by atoms with Crippen LogP contribution < -0.4 is 9.47 Å². The summed E-state index contributed by atoms with van der Waals surface area (Å²) in [6.07, 6.45) is 3.26. The van der Waals surface area contributed by atoms with E-state index in [1.54, 1.807) is 12.0 Å². The van der Waals surface area contributed by atoms with Gasteiger partial charge in [-0.25, -0.2) is 0 Å². The average Bonchev–Trinajstić information content (AvgIpc) is 3.40. The molecule has 46 heavy (non-hydrogen) atoms. The largest absolute Gasteiger partial charge is 0.493 e. The van der Waals surface area contributed by atoms with Gasteiger partial charge in [0.15, 0.2) is 11.5 Å². The molecule has 7 heteroatoms. The van der Waals surface area contributed by atoms with E-state index in [4.69, 9.17) is 14.2 Å². The molecule has 2 heterocycles. The second-order valence-corrected chi connectivity index (χ2v) is 13.4. The summed E-state index contributed by atoms with van der Waals surface area (Å²) < 4.78 is 19.4. The van der Waals surface area contributed by atoms with E-state index < -0.39 is 17.1 Å². The van der Waals surface area contributed by atoms with Crippen molar-refractivity contribution < 1.29 is 23.8 Å². The fraction of sp³-hybridized carbons (Fsp3) is 0.436. The zero-order valence-corrected chi connectivity index (χ0v) is 27.4. The van der Waals surface area contributed by atoms with Gasteiger partial charge in [0.25, 0.3) is 5.91 Å². The second kappa shape index (κ2) is 11.5. The second-order valence-electron chi connectivity index (χ2n) is 13.4. The molecule has 0 radical (unpaired) electrons. The van der Waals surface area contributed by atoms with Gasteiger partial charge in [0.05, 0.1) is 24.6 Å². The zero-order valence-electron chi connectivity index (χ0n) is 27.4. The van der Waals surface area contributed by atoms with Crippen LogP contribution in [0.4, 0.5) is 0 Å². The topological polar surface area (TPSA) is 68.3 Å². The standard InChI is InChI=1S/C39H42N2O5/c1-25-11-12-29(23-26(25)2)13-16-34(43)40(4)31-17-19-39(46-27(3)42)33-24-30-14-15-32(44-5)36-35(30)38(39,37(31)45-36)20-22-41(33)21-18-28-9-7-6-8-10-28/h6-12,14-15,23,31,33,37H,17-22,24H2,1-5H3/t31-,33+,37-,38-,39+/m0/s1. The number of esters is 1. The predicted octanol–water partition coefficient (Wildman–Crippen LogP) is 5.16. The molecule has 1 amide bonds. The van der Waals surface area contributed by atoms with Crippen molar-refractivity contribution >= 4 is 11.9 Å². The van der Waals surface area contributed by atoms with Gasteiger partial charge in [-0.3, -0.25) is 14.5 Å². The molecule has 5 atom stereocenters. The lowest BCUT2D eigenvalue weighted by atomic mass is 9.48. The summed E-state index contributed by atoms with van der Waals surface area (Å²) in [7, 11) is 3.49. The van der Waals surface area contributed by atoms with Crippen molar-refractivity contribution in [3.8, 4) is 23.3 Å². The molecule has 7 rings (SSSR count). The number of carbonyl (C=O) groups excluding carboxylic acids is 2. The van der Waals surface area contributed by atoms with Crippen LogP contribution in [0, 0.1) is 25.7 Å². The average molecular weight is 619 g/mol. The number of hydrogen-bond donors (Lipinski definition) is 0. The fourth-order valence-corrected chi connectivity index (χ4v) is 8.95. The maximum atomic E-state index is 13.7. The molecule has 0 N–H and O–H groups in total. The number of carbonyl (C=O) groups is 2. The van der Waals surface area contributed by atoms with Crippen LogP contribution in [0.1, 0.15) is 59.6 Å². The van der Waals surface area contributed by atoms with Crippen molar-refractivity contribution in [2.75, 3.05) is 27.2 Å². The van der Waals surface area contributed by atoms with E-state index in [2.05, 4.69) is 54.0 Å². The minimum atomic E-state index is -0.797. The highest BCUT2D eigenvalue weighted by Crippen LogP contribution is 2.67. The van der Waals surface area contributed by atoms with Crippen LogP contribution in [0.15, 0.2) is 60.7 Å². The van der Waals surface area contributed by atoms with E-state index >= 15 is 0 Å². The van der Waals surface area contributed by atoms with Crippen molar-refractivity contribution in [1.82, 2.24) is 9.80 Å². The number of benzene rings is 3. The first-order valence-corrected chi connectivity index (χ1v) is 16.4. The summed E-state index contributed by atoms with van der Waals surface area (Å²) in [6, 6.07) is 20.4. The molecule has 7 nitrogen and oxygen atoms in total. The van der Waals surface area contributed by atoms with E-state index in [9.17, 15) is 9.59 Å². The lowest BCUT2D eigenvalue weighted by Crippen LogP contribution is -2.79. The van der Waals surface area contributed by atoms with E-state index in [0.717, 1.165) is 54.8 Å². The minimum Gasteiger partial charge on any atom is -0.493 e. The Morgan fingerprint density at radius 3 is 2.61 bits per heavy atom. The Hall–Kier alpha value is -4.28. The third-order valence-electron chi connectivity index (χ3n) is 11.2. The molecule has 3 aromatic rings. The van der Waals surface area contributed by atoms with Crippen LogP contribution in [-0.2, 0) is 32.6 Å². The number of aryl methyl sites for hydroxylation is 2. The lowest BCUT2D eigenvalue weighted by molar-refractivity contribution is -0.223. The quantitative estimate of drug-likeness (QED) is 0.281. The van der Waals surface area contributed by atoms with Crippen molar-refractivity contribution in [2.45, 2.75) is 82.1 Å². The van der Waals surface area contributed by atoms with Gasteiger partial charge in [-0.15, -0.1) is 0 Å². The minimum absolute atomic E-state index is 0.0154. The molecule has 0 unspecified atom stereocenters. The van der Waals surface area contributed by atoms with Crippen LogP contribution in [0.2, 0.25) is 0 Å². The highest BCUT2D eigenvalue weighted by molar-refractivity contribution is 5.94. The molecule has 2 bridgehead atoms. The van der Waals surface area contributed by atoms with Gasteiger partial charge < -0.3 is 19.1 Å². The number of hydrogen-bond acceptors (Lipinski definition) is 6. The van der Waals surface area contributed by atoms with Crippen LogP contribution in [0.5, 0.6) is 11.5 Å². The van der Waals surface area contributed by atoms with Crippen molar-refractivity contribution in [2.24, 2.45) is 0 Å². The van der Waals surface area contributed by atoms with Gasteiger partial charge in [0.2, 0.25) is 0 Å². The first-order valence-electron chi connectivity index (χ1n) is 16.4. The normalized spacial score (nSPS) is 27.0. The molecule has 1 saturated carbocycles.